The molecule has 1 fully saturated rings. The van der Waals surface area contributed by atoms with Crippen LogP contribution in [0.1, 0.15) is 37.3 Å². The van der Waals surface area contributed by atoms with Crippen molar-refractivity contribution < 1.29 is 10.2 Å². The van der Waals surface area contributed by atoms with Crippen molar-refractivity contribution in [2.24, 2.45) is 0 Å². The Morgan fingerprint density at radius 1 is 1.14 bits per heavy atom. The molecule has 1 aliphatic heterocycles. The van der Waals surface area contributed by atoms with Crippen LogP contribution in [0.25, 0.3) is 0 Å². The molecule has 5 heteroatoms. The van der Waals surface area contributed by atoms with E-state index in [9.17, 15) is 10.2 Å². The summed E-state index contributed by atoms with van der Waals surface area (Å²) in [6.07, 6.45) is 2.31. The Labute approximate surface area is 130 Å². The van der Waals surface area contributed by atoms with Gasteiger partial charge in [0, 0.05) is 19.3 Å². The molecule has 0 saturated carbocycles. The van der Waals surface area contributed by atoms with Crippen LogP contribution in [0, 0.1) is 0 Å². The third-order valence-electron chi connectivity index (χ3n) is 4.26. The average Bonchev–Trinajstić information content (AvgIpc) is 2.56. The van der Waals surface area contributed by atoms with Gasteiger partial charge in [0.25, 0.3) is 0 Å². The zero-order valence-electron chi connectivity index (χ0n) is 12.7. The summed E-state index contributed by atoms with van der Waals surface area (Å²) < 4.78 is 0. The number of aromatic nitrogens is 2. The van der Waals surface area contributed by atoms with E-state index in [1.54, 1.807) is 13.1 Å². The van der Waals surface area contributed by atoms with Gasteiger partial charge >= 0.3 is 0 Å². The Bertz CT molecular complexity index is 623. The quantitative estimate of drug-likeness (QED) is 0.907. The van der Waals surface area contributed by atoms with E-state index < -0.39 is 11.7 Å². The number of aliphatic hydroxyl groups is 2. The first-order chi connectivity index (χ1) is 10.6. The maximum absolute atomic E-state index is 10.9. The van der Waals surface area contributed by atoms with Gasteiger partial charge in [-0.05, 0) is 31.4 Å². The smallest absolute Gasteiger partial charge is 0.158 e. The van der Waals surface area contributed by atoms with E-state index in [1.807, 2.05) is 36.4 Å². The number of nitrogens with zero attached hydrogens (tertiary/aromatic N) is 3. The average molecular weight is 299 g/mol. The molecule has 2 aromatic rings. The van der Waals surface area contributed by atoms with Gasteiger partial charge in [0.2, 0.25) is 0 Å². The van der Waals surface area contributed by atoms with Gasteiger partial charge in [-0.2, -0.15) is 0 Å². The lowest BCUT2D eigenvalue weighted by Gasteiger charge is -2.39. The number of benzene rings is 1. The van der Waals surface area contributed by atoms with E-state index in [0.29, 0.717) is 18.7 Å². The van der Waals surface area contributed by atoms with Crippen molar-refractivity contribution >= 4 is 5.82 Å². The number of hydrogen-bond acceptors (Lipinski definition) is 5. The molecule has 2 N–H and O–H groups in total. The van der Waals surface area contributed by atoms with Crippen LogP contribution in [-0.4, -0.2) is 33.3 Å². The molecule has 1 aromatic heterocycles. The topological polar surface area (TPSA) is 69.5 Å². The Balaban J connectivity index is 1.73. The van der Waals surface area contributed by atoms with E-state index in [-0.39, 0.29) is 0 Å². The Kier molecular flexibility index (Phi) is 4.09. The van der Waals surface area contributed by atoms with Gasteiger partial charge in [0.05, 0.1) is 5.60 Å². The molecule has 2 heterocycles. The van der Waals surface area contributed by atoms with Gasteiger partial charge < -0.3 is 15.1 Å². The third kappa shape index (κ3) is 2.96. The number of aliphatic hydroxyl groups excluding tert-OH is 1. The molecular weight excluding hydrogens is 278 g/mol. The van der Waals surface area contributed by atoms with E-state index in [1.165, 1.54) is 0 Å². The van der Waals surface area contributed by atoms with Gasteiger partial charge in [-0.3, -0.25) is 0 Å². The van der Waals surface area contributed by atoms with Crippen LogP contribution in [0.15, 0.2) is 42.6 Å². The molecule has 1 aliphatic rings. The summed E-state index contributed by atoms with van der Waals surface area (Å²) in [5.41, 5.74) is 0.208. The predicted octanol–water partition coefficient (Wildman–Crippen LogP) is 2.02. The fourth-order valence-electron chi connectivity index (χ4n) is 2.88. The summed E-state index contributed by atoms with van der Waals surface area (Å²) in [7, 11) is 0. The normalized spacial score (nSPS) is 19.0. The largest absolute Gasteiger partial charge is 0.385 e. The summed E-state index contributed by atoms with van der Waals surface area (Å²) in [4.78, 5) is 10.6. The summed E-state index contributed by atoms with van der Waals surface area (Å²) >= 11 is 0. The zero-order chi connectivity index (χ0) is 15.6. The summed E-state index contributed by atoms with van der Waals surface area (Å²) in [5, 5.41) is 20.4. The SMILES string of the molecule is C[C@@H](O)c1nccc(N2CCC(O)(c3ccccc3)CC2)n1. The molecule has 0 aliphatic carbocycles. The lowest BCUT2D eigenvalue weighted by molar-refractivity contribution is 0.0116. The highest BCUT2D eigenvalue weighted by Gasteiger charge is 2.34. The molecule has 0 bridgehead atoms. The molecule has 0 spiro atoms. The van der Waals surface area contributed by atoms with Crippen LogP contribution in [0.2, 0.25) is 0 Å². The zero-order valence-corrected chi connectivity index (χ0v) is 12.7. The van der Waals surface area contributed by atoms with Crippen molar-refractivity contribution in [1.29, 1.82) is 0 Å². The van der Waals surface area contributed by atoms with E-state index in [2.05, 4.69) is 14.9 Å². The lowest BCUT2D eigenvalue weighted by Crippen LogP contribution is -2.43. The predicted molar refractivity (Wildman–Crippen MR) is 84.5 cm³/mol. The molecule has 1 atom stereocenters. The van der Waals surface area contributed by atoms with E-state index >= 15 is 0 Å². The first-order valence-electron chi connectivity index (χ1n) is 7.62. The number of piperidine rings is 1. The van der Waals surface area contributed by atoms with Crippen LogP contribution in [0.3, 0.4) is 0 Å². The van der Waals surface area contributed by atoms with Crippen molar-refractivity contribution in [1.82, 2.24) is 9.97 Å². The van der Waals surface area contributed by atoms with E-state index in [0.717, 1.165) is 24.5 Å². The molecule has 3 rings (SSSR count). The number of anilines is 1. The van der Waals surface area contributed by atoms with Gasteiger partial charge in [-0.15, -0.1) is 0 Å². The maximum atomic E-state index is 10.9. The molecule has 116 valence electrons. The number of rotatable bonds is 3. The van der Waals surface area contributed by atoms with Crippen LogP contribution in [0.5, 0.6) is 0 Å². The van der Waals surface area contributed by atoms with Gasteiger partial charge in [0.1, 0.15) is 11.9 Å². The summed E-state index contributed by atoms with van der Waals surface area (Å²) in [6.45, 7) is 3.10. The second-order valence-electron chi connectivity index (χ2n) is 5.83. The van der Waals surface area contributed by atoms with Gasteiger partial charge in [-0.1, -0.05) is 30.3 Å². The minimum absolute atomic E-state index is 0.432. The third-order valence-corrected chi connectivity index (χ3v) is 4.26. The van der Waals surface area contributed by atoms with Crippen molar-refractivity contribution in [3.63, 3.8) is 0 Å². The first-order valence-corrected chi connectivity index (χ1v) is 7.62. The van der Waals surface area contributed by atoms with Crippen molar-refractivity contribution in [3.8, 4) is 0 Å². The minimum atomic E-state index is -0.766. The van der Waals surface area contributed by atoms with Crippen LogP contribution >= 0.6 is 0 Å². The molecule has 22 heavy (non-hydrogen) atoms. The summed E-state index contributed by atoms with van der Waals surface area (Å²) in [5.74, 6) is 1.24. The number of hydrogen-bond donors (Lipinski definition) is 2. The Hall–Kier alpha value is -1.98. The molecule has 0 amide bonds. The standard InChI is InChI=1S/C17H21N3O2/c1-13(21)16-18-10-7-15(19-16)20-11-8-17(22,9-12-20)14-5-3-2-4-6-14/h2-7,10,13,21-22H,8-9,11-12H2,1H3/t13-/m1/s1. The fraction of sp³-hybridized carbons (Fsp3) is 0.412. The minimum Gasteiger partial charge on any atom is -0.385 e. The molecule has 5 nitrogen and oxygen atoms in total. The van der Waals surface area contributed by atoms with Crippen LogP contribution in [0.4, 0.5) is 5.82 Å². The highest BCUT2D eigenvalue weighted by molar-refractivity contribution is 5.39. The maximum Gasteiger partial charge on any atom is 0.158 e. The molecule has 0 radical (unpaired) electrons. The van der Waals surface area contributed by atoms with Gasteiger partial charge in [-0.25, -0.2) is 9.97 Å². The van der Waals surface area contributed by atoms with Crippen LogP contribution in [-0.2, 0) is 5.60 Å². The molecule has 1 saturated heterocycles. The van der Waals surface area contributed by atoms with Crippen molar-refractivity contribution in [3.05, 3.63) is 54.0 Å². The van der Waals surface area contributed by atoms with Crippen LogP contribution < -0.4 is 4.90 Å². The fourth-order valence-corrected chi connectivity index (χ4v) is 2.88. The lowest BCUT2D eigenvalue weighted by atomic mass is 9.84. The second kappa shape index (κ2) is 6.02. The first kappa shape index (κ1) is 14.9. The summed E-state index contributed by atoms with van der Waals surface area (Å²) in [6, 6.07) is 11.7. The highest BCUT2D eigenvalue weighted by Crippen LogP contribution is 2.33. The van der Waals surface area contributed by atoms with Crippen molar-refractivity contribution in [2.45, 2.75) is 31.5 Å². The molecular formula is C17H21N3O2. The van der Waals surface area contributed by atoms with Crippen molar-refractivity contribution in [2.75, 3.05) is 18.0 Å². The van der Waals surface area contributed by atoms with E-state index in [4.69, 9.17) is 0 Å². The van der Waals surface area contributed by atoms with Gasteiger partial charge in [0.15, 0.2) is 5.82 Å². The second-order valence-corrected chi connectivity index (χ2v) is 5.83. The molecule has 1 aromatic carbocycles. The highest BCUT2D eigenvalue weighted by atomic mass is 16.3. The monoisotopic (exact) mass is 299 g/mol. The molecule has 0 unspecified atom stereocenters. The Morgan fingerprint density at radius 2 is 1.82 bits per heavy atom. The Morgan fingerprint density at radius 3 is 2.45 bits per heavy atom.